The standard InChI is InChI=1S/C10H8N2O3/c1-15-7-4-2-6(3-5-7)8-11-9(13)10(14)12-8/h2-5H,1H3,(H,11,12,13,14). The van der Waals surface area contributed by atoms with Crippen molar-refractivity contribution in [3.63, 3.8) is 0 Å². The van der Waals surface area contributed by atoms with Crippen molar-refractivity contribution in [3.8, 4) is 5.75 Å². The Morgan fingerprint density at radius 2 is 1.87 bits per heavy atom. The van der Waals surface area contributed by atoms with Crippen molar-refractivity contribution in [2.45, 2.75) is 0 Å². The van der Waals surface area contributed by atoms with Crippen LogP contribution in [0.4, 0.5) is 0 Å². The Balaban J connectivity index is 2.28. The summed E-state index contributed by atoms with van der Waals surface area (Å²) in [5, 5.41) is 2.38. The predicted molar refractivity (Wildman–Crippen MR) is 52.7 cm³/mol. The molecular weight excluding hydrogens is 196 g/mol. The molecule has 2 amide bonds. The number of aliphatic imine (C=N–C) groups is 1. The molecule has 5 nitrogen and oxygen atoms in total. The number of benzene rings is 1. The van der Waals surface area contributed by atoms with Gasteiger partial charge in [0, 0.05) is 5.56 Å². The molecule has 0 aromatic heterocycles. The van der Waals surface area contributed by atoms with Crippen molar-refractivity contribution in [1.82, 2.24) is 5.32 Å². The molecule has 1 aromatic carbocycles. The maximum absolute atomic E-state index is 10.9. The van der Waals surface area contributed by atoms with Crippen LogP contribution in [0.3, 0.4) is 0 Å². The average molecular weight is 204 g/mol. The molecule has 76 valence electrons. The number of nitrogens with one attached hydrogen (secondary N) is 1. The number of rotatable bonds is 2. The lowest BCUT2D eigenvalue weighted by Crippen LogP contribution is -2.26. The molecule has 1 aliphatic heterocycles. The fourth-order valence-corrected chi connectivity index (χ4v) is 1.23. The Bertz CT molecular complexity index is 448. The summed E-state index contributed by atoms with van der Waals surface area (Å²) >= 11 is 0. The van der Waals surface area contributed by atoms with E-state index in [0.717, 1.165) is 0 Å². The highest BCUT2D eigenvalue weighted by molar-refractivity contribution is 6.45. The summed E-state index contributed by atoms with van der Waals surface area (Å²) in [6.45, 7) is 0. The maximum atomic E-state index is 10.9. The number of carbonyl (C=O) groups excluding carboxylic acids is 2. The van der Waals surface area contributed by atoms with E-state index in [-0.39, 0.29) is 5.84 Å². The van der Waals surface area contributed by atoms with Crippen molar-refractivity contribution < 1.29 is 14.3 Å². The van der Waals surface area contributed by atoms with E-state index in [2.05, 4.69) is 10.3 Å². The van der Waals surface area contributed by atoms with Crippen LogP contribution in [-0.4, -0.2) is 24.8 Å². The number of carbonyl (C=O) groups is 2. The quantitative estimate of drug-likeness (QED) is 0.694. The first kappa shape index (κ1) is 9.39. The van der Waals surface area contributed by atoms with E-state index >= 15 is 0 Å². The van der Waals surface area contributed by atoms with E-state index in [4.69, 9.17) is 4.74 Å². The molecule has 0 bridgehead atoms. The minimum Gasteiger partial charge on any atom is -0.497 e. The third-order valence-corrected chi connectivity index (χ3v) is 2.00. The van der Waals surface area contributed by atoms with Gasteiger partial charge in [-0.3, -0.25) is 9.59 Å². The number of amides is 2. The molecule has 0 radical (unpaired) electrons. The van der Waals surface area contributed by atoms with Crippen LogP contribution in [0.1, 0.15) is 5.56 Å². The SMILES string of the molecule is COc1ccc(C2=NC(=O)C(=O)N2)cc1. The molecule has 0 fully saturated rings. The maximum Gasteiger partial charge on any atom is 0.337 e. The first-order chi connectivity index (χ1) is 7.20. The van der Waals surface area contributed by atoms with Crippen molar-refractivity contribution >= 4 is 17.6 Å². The minimum atomic E-state index is -0.763. The van der Waals surface area contributed by atoms with Crippen LogP contribution < -0.4 is 10.1 Å². The zero-order valence-corrected chi connectivity index (χ0v) is 7.98. The highest BCUT2D eigenvalue weighted by Gasteiger charge is 2.23. The molecule has 5 heteroatoms. The average Bonchev–Trinajstić information content (AvgIpc) is 2.59. The number of ether oxygens (including phenoxy) is 1. The molecule has 1 N–H and O–H groups in total. The van der Waals surface area contributed by atoms with Crippen molar-refractivity contribution in [2.24, 2.45) is 4.99 Å². The normalized spacial score (nSPS) is 14.9. The van der Waals surface area contributed by atoms with Gasteiger partial charge in [-0.05, 0) is 24.3 Å². The summed E-state index contributed by atoms with van der Waals surface area (Å²) in [7, 11) is 1.56. The van der Waals surface area contributed by atoms with Gasteiger partial charge >= 0.3 is 11.8 Å². The van der Waals surface area contributed by atoms with Gasteiger partial charge in [0.1, 0.15) is 11.6 Å². The molecule has 0 unspecified atom stereocenters. The van der Waals surface area contributed by atoms with Crippen LogP contribution in [-0.2, 0) is 9.59 Å². The van der Waals surface area contributed by atoms with Crippen molar-refractivity contribution in [3.05, 3.63) is 29.8 Å². The second kappa shape index (κ2) is 3.53. The van der Waals surface area contributed by atoms with Crippen LogP contribution >= 0.6 is 0 Å². The van der Waals surface area contributed by atoms with Gasteiger partial charge in [0.05, 0.1) is 7.11 Å². The smallest absolute Gasteiger partial charge is 0.337 e. The first-order valence-electron chi connectivity index (χ1n) is 4.29. The number of hydrogen-bond donors (Lipinski definition) is 1. The molecule has 0 spiro atoms. The van der Waals surface area contributed by atoms with E-state index in [1.807, 2.05) is 0 Å². The van der Waals surface area contributed by atoms with Crippen LogP contribution in [0, 0.1) is 0 Å². The lowest BCUT2D eigenvalue weighted by molar-refractivity contribution is -0.135. The van der Waals surface area contributed by atoms with E-state index in [1.165, 1.54) is 0 Å². The summed E-state index contributed by atoms with van der Waals surface area (Å²) in [4.78, 5) is 25.3. The van der Waals surface area contributed by atoms with Crippen LogP contribution in [0.2, 0.25) is 0 Å². The predicted octanol–water partition coefficient (Wildman–Crippen LogP) is 0.0982. The van der Waals surface area contributed by atoms with Gasteiger partial charge in [0.25, 0.3) is 0 Å². The molecule has 1 aliphatic rings. The number of nitrogens with zero attached hydrogens (tertiary/aromatic N) is 1. The topological polar surface area (TPSA) is 67.8 Å². The van der Waals surface area contributed by atoms with Gasteiger partial charge in [-0.2, -0.15) is 4.99 Å². The summed E-state index contributed by atoms with van der Waals surface area (Å²) in [5.41, 5.74) is 0.676. The zero-order valence-electron chi connectivity index (χ0n) is 7.98. The zero-order chi connectivity index (χ0) is 10.8. The highest BCUT2D eigenvalue weighted by Crippen LogP contribution is 2.12. The molecule has 2 rings (SSSR count). The van der Waals surface area contributed by atoms with Gasteiger partial charge in [-0.15, -0.1) is 0 Å². The molecule has 1 heterocycles. The minimum absolute atomic E-state index is 0.285. The Morgan fingerprint density at radius 1 is 1.20 bits per heavy atom. The van der Waals surface area contributed by atoms with Crippen molar-refractivity contribution in [2.75, 3.05) is 7.11 Å². The van der Waals surface area contributed by atoms with Gasteiger partial charge < -0.3 is 10.1 Å². The molecule has 15 heavy (non-hydrogen) atoms. The Labute approximate surface area is 85.8 Å². The molecule has 0 saturated carbocycles. The lowest BCUT2D eigenvalue weighted by Gasteiger charge is -2.02. The Morgan fingerprint density at radius 3 is 2.33 bits per heavy atom. The largest absolute Gasteiger partial charge is 0.497 e. The first-order valence-corrected chi connectivity index (χ1v) is 4.29. The van der Waals surface area contributed by atoms with Gasteiger partial charge in [-0.1, -0.05) is 0 Å². The number of methoxy groups -OCH3 is 1. The fraction of sp³-hybridized carbons (Fsp3) is 0.100. The third kappa shape index (κ3) is 1.71. The molecule has 0 atom stereocenters. The number of hydrogen-bond acceptors (Lipinski definition) is 3. The van der Waals surface area contributed by atoms with Crippen molar-refractivity contribution in [1.29, 1.82) is 0 Å². The summed E-state index contributed by atoms with van der Waals surface area (Å²) in [5.74, 6) is -0.468. The van der Waals surface area contributed by atoms with Gasteiger partial charge in [-0.25, -0.2) is 0 Å². The van der Waals surface area contributed by atoms with Crippen LogP contribution in [0.25, 0.3) is 0 Å². The highest BCUT2D eigenvalue weighted by atomic mass is 16.5. The van der Waals surface area contributed by atoms with E-state index in [9.17, 15) is 9.59 Å². The second-order valence-electron chi connectivity index (χ2n) is 2.95. The second-order valence-corrected chi connectivity index (χ2v) is 2.95. The molecule has 0 saturated heterocycles. The molecular formula is C10H8N2O3. The van der Waals surface area contributed by atoms with Crippen LogP contribution in [0.15, 0.2) is 29.3 Å². The molecule has 0 aliphatic carbocycles. The van der Waals surface area contributed by atoms with E-state index in [0.29, 0.717) is 11.3 Å². The Hall–Kier alpha value is -2.17. The molecule has 1 aromatic rings. The lowest BCUT2D eigenvalue weighted by atomic mass is 10.2. The van der Waals surface area contributed by atoms with E-state index in [1.54, 1.807) is 31.4 Å². The fourth-order valence-electron chi connectivity index (χ4n) is 1.23. The third-order valence-electron chi connectivity index (χ3n) is 2.00. The van der Waals surface area contributed by atoms with Crippen LogP contribution in [0.5, 0.6) is 5.75 Å². The van der Waals surface area contributed by atoms with Gasteiger partial charge in [0.15, 0.2) is 0 Å². The Kier molecular flexibility index (Phi) is 2.21. The van der Waals surface area contributed by atoms with Gasteiger partial charge in [0.2, 0.25) is 0 Å². The van der Waals surface area contributed by atoms with E-state index < -0.39 is 11.8 Å². The summed E-state index contributed by atoms with van der Waals surface area (Å²) < 4.78 is 4.98. The summed E-state index contributed by atoms with van der Waals surface area (Å²) in [6.07, 6.45) is 0. The summed E-state index contributed by atoms with van der Waals surface area (Å²) in [6, 6.07) is 6.90. The monoisotopic (exact) mass is 204 g/mol. The number of amidine groups is 1.